The third-order valence-electron chi connectivity index (χ3n) is 3.18. The Balaban J connectivity index is 1.89. The van der Waals surface area contributed by atoms with Crippen molar-refractivity contribution in [2.24, 2.45) is 0 Å². The van der Waals surface area contributed by atoms with E-state index in [1.165, 1.54) is 0 Å². The number of hydrogen-bond acceptors (Lipinski definition) is 4. The molecule has 0 saturated carbocycles. The normalized spacial score (nSPS) is 10.4. The number of para-hydroxylation sites is 3. The second kappa shape index (κ2) is 8.80. The minimum atomic E-state index is -0.0404. The molecule has 0 fully saturated rings. The van der Waals surface area contributed by atoms with Gasteiger partial charge in [-0.1, -0.05) is 30.3 Å². The first kappa shape index (κ1) is 16.8. The summed E-state index contributed by atoms with van der Waals surface area (Å²) in [6, 6.07) is 17.1. The van der Waals surface area contributed by atoms with Gasteiger partial charge in [0, 0.05) is 13.1 Å². The largest absolute Gasteiger partial charge is 0.455 e. The van der Waals surface area contributed by atoms with E-state index in [0.29, 0.717) is 12.3 Å². The van der Waals surface area contributed by atoms with Gasteiger partial charge in [0.05, 0.1) is 12.2 Å². The van der Waals surface area contributed by atoms with Crippen LogP contribution in [0.25, 0.3) is 0 Å². The molecule has 0 radical (unpaired) electrons. The highest BCUT2D eigenvalue weighted by atomic mass is 16.5. The Labute approximate surface area is 137 Å². The van der Waals surface area contributed by atoms with Crippen molar-refractivity contribution in [2.45, 2.75) is 0 Å². The van der Waals surface area contributed by atoms with E-state index < -0.39 is 0 Å². The molecule has 23 heavy (non-hydrogen) atoms. The van der Waals surface area contributed by atoms with Gasteiger partial charge in [-0.15, -0.1) is 0 Å². The van der Waals surface area contributed by atoms with E-state index in [2.05, 4.69) is 10.6 Å². The molecule has 0 atom stereocenters. The molecule has 0 bridgehead atoms. The van der Waals surface area contributed by atoms with Crippen LogP contribution in [0.3, 0.4) is 0 Å². The zero-order valence-corrected chi connectivity index (χ0v) is 13.6. The quantitative estimate of drug-likeness (QED) is 0.786. The van der Waals surface area contributed by atoms with Crippen LogP contribution in [0.1, 0.15) is 0 Å². The van der Waals surface area contributed by atoms with Crippen LogP contribution in [-0.4, -0.2) is 44.5 Å². The molecule has 0 aliphatic heterocycles. The molecule has 5 heteroatoms. The number of hydrogen-bond donors (Lipinski definition) is 2. The first-order chi connectivity index (χ1) is 11.1. The van der Waals surface area contributed by atoms with Gasteiger partial charge in [0.25, 0.3) is 0 Å². The summed E-state index contributed by atoms with van der Waals surface area (Å²) in [4.78, 5) is 13.9. The second-order valence-corrected chi connectivity index (χ2v) is 5.42. The van der Waals surface area contributed by atoms with Gasteiger partial charge >= 0.3 is 0 Å². The van der Waals surface area contributed by atoms with Crippen molar-refractivity contribution in [1.82, 2.24) is 10.2 Å². The zero-order valence-electron chi connectivity index (χ0n) is 13.6. The van der Waals surface area contributed by atoms with Gasteiger partial charge in [-0.2, -0.15) is 0 Å². The Bertz CT molecular complexity index is 615. The van der Waals surface area contributed by atoms with Gasteiger partial charge in [-0.3, -0.25) is 4.79 Å². The first-order valence-electron chi connectivity index (χ1n) is 7.62. The van der Waals surface area contributed by atoms with Gasteiger partial charge in [-0.05, 0) is 38.4 Å². The number of carbonyl (C=O) groups excluding carboxylic acids is 1. The highest BCUT2D eigenvalue weighted by molar-refractivity contribution is 5.81. The zero-order chi connectivity index (χ0) is 16.5. The molecule has 1 amide bonds. The maximum Gasteiger partial charge on any atom is 0.239 e. The first-order valence-corrected chi connectivity index (χ1v) is 7.62. The maximum atomic E-state index is 11.8. The number of nitrogens with zero attached hydrogens (tertiary/aromatic N) is 1. The van der Waals surface area contributed by atoms with Crippen LogP contribution in [0.2, 0.25) is 0 Å². The Morgan fingerprint density at radius 2 is 1.74 bits per heavy atom. The predicted octanol–water partition coefficient (Wildman–Crippen LogP) is 2.57. The molecule has 0 aliphatic carbocycles. The molecule has 0 spiro atoms. The van der Waals surface area contributed by atoms with Crippen LogP contribution < -0.4 is 15.4 Å². The van der Waals surface area contributed by atoms with Gasteiger partial charge < -0.3 is 20.3 Å². The summed E-state index contributed by atoms with van der Waals surface area (Å²) in [5, 5.41) is 5.99. The molecule has 122 valence electrons. The summed E-state index contributed by atoms with van der Waals surface area (Å²) in [6.07, 6.45) is 0. The third-order valence-corrected chi connectivity index (χ3v) is 3.18. The van der Waals surface area contributed by atoms with Crippen molar-refractivity contribution in [3.8, 4) is 11.5 Å². The summed E-state index contributed by atoms with van der Waals surface area (Å²) >= 11 is 0. The smallest absolute Gasteiger partial charge is 0.239 e. The van der Waals surface area contributed by atoms with Crippen molar-refractivity contribution in [2.75, 3.05) is 39.0 Å². The van der Waals surface area contributed by atoms with Crippen LogP contribution in [0, 0.1) is 0 Å². The third kappa shape index (κ3) is 6.00. The standard InChI is InChI=1S/C18H23N3O2/c1-21(2)13-12-19-18(22)14-20-16-10-6-7-11-17(16)23-15-8-4-3-5-9-15/h3-11,20H,12-14H2,1-2H3,(H,19,22). The maximum absolute atomic E-state index is 11.8. The fraction of sp³-hybridized carbons (Fsp3) is 0.278. The number of anilines is 1. The molecule has 0 unspecified atom stereocenters. The molecule has 2 N–H and O–H groups in total. The van der Waals surface area contributed by atoms with Crippen LogP contribution in [0.5, 0.6) is 11.5 Å². The predicted molar refractivity (Wildman–Crippen MR) is 93.0 cm³/mol. The van der Waals surface area contributed by atoms with Crippen molar-refractivity contribution in [1.29, 1.82) is 0 Å². The van der Waals surface area contributed by atoms with E-state index in [4.69, 9.17) is 4.74 Å². The Morgan fingerprint density at radius 1 is 1.04 bits per heavy atom. The molecule has 0 saturated heterocycles. The molecule has 0 aromatic heterocycles. The summed E-state index contributed by atoms with van der Waals surface area (Å²) in [5.41, 5.74) is 0.791. The van der Waals surface area contributed by atoms with E-state index in [1.807, 2.05) is 73.6 Å². The van der Waals surface area contributed by atoms with Crippen molar-refractivity contribution < 1.29 is 9.53 Å². The number of ether oxygens (including phenoxy) is 1. The lowest BCUT2D eigenvalue weighted by Crippen LogP contribution is -2.35. The van der Waals surface area contributed by atoms with E-state index in [9.17, 15) is 4.79 Å². The number of amides is 1. The lowest BCUT2D eigenvalue weighted by molar-refractivity contribution is -0.119. The Kier molecular flexibility index (Phi) is 6.44. The summed E-state index contributed by atoms with van der Waals surface area (Å²) in [5.74, 6) is 1.42. The Morgan fingerprint density at radius 3 is 2.48 bits per heavy atom. The molecular formula is C18H23N3O2. The number of likely N-dealkylation sites (N-methyl/N-ethyl adjacent to an activating group) is 1. The van der Waals surface area contributed by atoms with Crippen molar-refractivity contribution >= 4 is 11.6 Å². The monoisotopic (exact) mass is 313 g/mol. The minimum absolute atomic E-state index is 0.0404. The number of benzene rings is 2. The minimum Gasteiger partial charge on any atom is -0.455 e. The fourth-order valence-electron chi connectivity index (χ4n) is 1.97. The number of nitrogens with one attached hydrogen (secondary N) is 2. The van der Waals surface area contributed by atoms with E-state index in [1.54, 1.807) is 0 Å². The lowest BCUT2D eigenvalue weighted by atomic mass is 10.3. The summed E-state index contributed by atoms with van der Waals surface area (Å²) < 4.78 is 5.85. The van der Waals surface area contributed by atoms with Gasteiger partial charge in [0.1, 0.15) is 5.75 Å². The Hall–Kier alpha value is -2.53. The summed E-state index contributed by atoms with van der Waals surface area (Å²) in [6.45, 7) is 1.66. The average Bonchev–Trinajstić information content (AvgIpc) is 2.55. The highest BCUT2D eigenvalue weighted by Crippen LogP contribution is 2.28. The molecule has 2 aromatic rings. The van der Waals surface area contributed by atoms with E-state index in [0.717, 1.165) is 18.0 Å². The van der Waals surface area contributed by atoms with Crippen molar-refractivity contribution in [3.05, 3.63) is 54.6 Å². The van der Waals surface area contributed by atoms with Gasteiger partial charge in [0.15, 0.2) is 5.75 Å². The van der Waals surface area contributed by atoms with E-state index in [-0.39, 0.29) is 12.5 Å². The molecule has 2 aromatic carbocycles. The van der Waals surface area contributed by atoms with Crippen LogP contribution in [0.15, 0.2) is 54.6 Å². The van der Waals surface area contributed by atoms with Gasteiger partial charge in [0.2, 0.25) is 5.91 Å². The van der Waals surface area contributed by atoms with Crippen LogP contribution in [-0.2, 0) is 4.79 Å². The second-order valence-electron chi connectivity index (χ2n) is 5.42. The molecule has 2 rings (SSSR count). The van der Waals surface area contributed by atoms with Gasteiger partial charge in [-0.25, -0.2) is 0 Å². The topological polar surface area (TPSA) is 53.6 Å². The van der Waals surface area contributed by atoms with Crippen molar-refractivity contribution in [3.63, 3.8) is 0 Å². The van der Waals surface area contributed by atoms with E-state index >= 15 is 0 Å². The molecular weight excluding hydrogens is 290 g/mol. The molecule has 5 nitrogen and oxygen atoms in total. The number of rotatable bonds is 8. The summed E-state index contributed by atoms with van der Waals surface area (Å²) in [7, 11) is 3.95. The lowest BCUT2D eigenvalue weighted by Gasteiger charge is -2.14. The fourth-order valence-corrected chi connectivity index (χ4v) is 1.97. The highest BCUT2D eigenvalue weighted by Gasteiger charge is 2.06. The van der Waals surface area contributed by atoms with Crippen LogP contribution >= 0.6 is 0 Å². The van der Waals surface area contributed by atoms with Crippen LogP contribution in [0.4, 0.5) is 5.69 Å². The molecule has 0 aliphatic rings. The SMILES string of the molecule is CN(C)CCNC(=O)CNc1ccccc1Oc1ccccc1. The average molecular weight is 313 g/mol. The molecule has 0 heterocycles. The number of carbonyl (C=O) groups is 1.